The molecule has 3 aliphatic heterocycles. The molecule has 3 fully saturated rings. The molecule has 7 nitrogen and oxygen atoms in total. The van der Waals surface area contributed by atoms with Crippen LogP contribution >= 0.6 is 0 Å². The van der Waals surface area contributed by atoms with E-state index in [4.69, 9.17) is 28.4 Å². The van der Waals surface area contributed by atoms with Gasteiger partial charge in [0, 0.05) is 5.57 Å². The van der Waals surface area contributed by atoms with Gasteiger partial charge in [-0.1, -0.05) is 6.58 Å². The number of ether oxygens (including phenoxy) is 6. The standard InChI is InChI=1S/C16H24O7/c1-9(2)13(17)18-8-16-12(22-15(5,6)23-16)11-10(7-19-16)20-14(3,4)21-11/h10-12H,1,7-8H2,2-6H3/t10-,11-,12+,16+/m1/s1. The SMILES string of the molecule is C=C(C)C(=O)OC[C@@]12OC[C@H]3OC(C)(C)O[C@H]3[C@@H]1OC(C)(C)O2. The number of hydrogen-bond donors (Lipinski definition) is 0. The van der Waals surface area contributed by atoms with Crippen molar-refractivity contribution in [3.8, 4) is 0 Å². The van der Waals surface area contributed by atoms with Gasteiger partial charge in [-0.05, 0) is 34.6 Å². The van der Waals surface area contributed by atoms with E-state index >= 15 is 0 Å². The molecule has 23 heavy (non-hydrogen) atoms. The highest BCUT2D eigenvalue weighted by atomic mass is 16.9. The monoisotopic (exact) mass is 328 g/mol. The molecule has 7 heteroatoms. The molecule has 3 rings (SSSR count). The van der Waals surface area contributed by atoms with E-state index in [0.717, 1.165) is 0 Å². The van der Waals surface area contributed by atoms with Gasteiger partial charge in [-0.25, -0.2) is 4.79 Å². The van der Waals surface area contributed by atoms with Crippen molar-refractivity contribution in [3.63, 3.8) is 0 Å². The lowest BCUT2D eigenvalue weighted by atomic mass is 9.97. The minimum atomic E-state index is -1.21. The van der Waals surface area contributed by atoms with Crippen LogP contribution in [0.3, 0.4) is 0 Å². The molecule has 0 radical (unpaired) electrons. The minimum absolute atomic E-state index is 0.0974. The molecule has 0 amide bonds. The number of hydrogen-bond acceptors (Lipinski definition) is 7. The van der Waals surface area contributed by atoms with Crippen LogP contribution in [-0.4, -0.2) is 54.9 Å². The first-order chi connectivity index (χ1) is 10.5. The summed E-state index contributed by atoms with van der Waals surface area (Å²) in [5.74, 6) is -3.31. The Labute approximate surface area is 135 Å². The van der Waals surface area contributed by atoms with Crippen molar-refractivity contribution in [2.75, 3.05) is 13.2 Å². The average Bonchev–Trinajstić information content (AvgIpc) is 2.87. The van der Waals surface area contributed by atoms with Gasteiger partial charge in [-0.3, -0.25) is 0 Å². The second-order valence-corrected chi connectivity index (χ2v) is 7.16. The van der Waals surface area contributed by atoms with Gasteiger partial charge in [-0.2, -0.15) is 0 Å². The fourth-order valence-corrected chi connectivity index (χ4v) is 3.24. The van der Waals surface area contributed by atoms with Crippen LogP contribution in [0, 0.1) is 0 Å². The lowest BCUT2D eigenvalue weighted by molar-refractivity contribution is -0.295. The van der Waals surface area contributed by atoms with Crippen molar-refractivity contribution in [2.45, 2.75) is 70.3 Å². The van der Waals surface area contributed by atoms with Gasteiger partial charge in [-0.15, -0.1) is 0 Å². The zero-order valence-corrected chi connectivity index (χ0v) is 14.2. The van der Waals surface area contributed by atoms with Crippen molar-refractivity contribution in [1.29, 1.82) is 0 Å². The Morgan fingerprint density at radius 1 is 1.17 bits per heavy atom. The van der Waals surface area contributed by atoms with Crippen LogP contribution in [0.4, 0.5) is 0 Å². The molecule has 0 spiro atoms. The van der Waals surface area contributed by atoms with Crippen LogP contribution in [0.5, 0.6) is 0 Å². The summed E-state index contributed by atoms with van der Waals surface area (Å²) < 4.78 is 34.9. The van der Waals surface area contributed by atoms with Crippen LogP contribution in [0.1, 0.15) is 34.6 Å². The molecule has 0 aromatic heterocycles. The Hall–Kier alpha value is -0.990. The van der Waals surface area contributed by atoms with Gasteiger partial charge < -0.3 is 28.4 Å². The number of esters is 1. The molecule has 0 aromatic rings. The van der Waals surface area contributed by atoms with Gasteiger partial charge in [0.25, 0.3) is 0 Å². The molecule has 130 valence electrons. The van der Waals surface area contributed by atoms with Crippen molar-refractivity contribution < 1.29 is 33.2 Å². The van der Waals surface area contributed by atoms with Crippen LogP contribution in [-0.2, 0) is 33.2 Å². The van der Waals surface area contributed by atoms with E-state index in [9.17, 15) is 4.79 Å². The first-order valence-electron chi connectivity index (χ1n) is 7.74. The van der Waals surface area contributed by atoms with Crippen LogP contribution in [0.2, 0.25) is 0 Å². The predicted molar refractivity (Wildman–Crippen MR) is 78.3 cm³/mol. The second-order valence-electron chi connectivity index (χ2n) is 7.16. The Kier molecular flexibility index (Phi) is 3.85. The van der Waals surface area contributed by atoms with E-state index in [1.165, 1.54) is 0 Å². The first kappa shape index (κ1) is 16.9. The van der Waals surface area contributed by atoms with Crippen molar-refractivity contribution >= 4 is 5.97 Å². The third-order valence-corrected chi connectivity index (χ3v) is 4.03. The Bertz CT molecular complexity index is 527. The van der Waals surface area contributed by atoms with Crippen molar-refractivity contribution in [3.05, 3.63) is 12.2 Å². The van der Waals surface area contributed by atoms with Crippen LogP contribution < -0.4 is 0 Å². The van der Waals surface area contributed by atoms with Crippen LogP contribution in [0.15, 0.2) is 12.2 Å². The maximum absolute atomic E-state index is 11.7. The van der Waals surface area contributed by atoms with E-state index in [-0.39, 0.29) is 25.4 Å². The smallest absolute Gasteiger partial charge is 0.333 e. The molecule has 0 aliphatic carbocycles. The molecule has 3 aliphatic rings. The number of fused-ring (bicyclic) bond motifs is 3. The second kappa shape index (κ2) is 5.26. The summed E-state index contributed by atoms with van der Waals surface area (Å²) in [6.45, 7) is 12.6. The highest BCUT2D eigenvalue weighted by molar-refractivity contribution is 5.86. The Morgan fingerprint density at radius 2 is 1.87 bits per heavy atom. The third kappa shape index (κ3) is 3.04. The number of carbonyl (C=O) groups excluding carboxylic acids is 1. The maximum atomic E-state index is 11.7. The molecule has 3 heterocycles. The molecule has 4 atom stereocenters. The van der Waals surface area contributed by atoms with Gasteiger partial charge in [0.05, 0.1) is 6.61 Å². The van der Waals surface area contributed by atoms with E-state index < -0.39 is 29.4 Å². The summed E-state index contributed by atoms with van der Waals surface area (Å²) >= 11 is 0. The van der Waals surface area contributed by atoms with Crippen molar-refractivity contribution in [2.24, 2.45) is 0 Å². The first-order valence-corrected chi connectivity index (χ1v) is 7.74. The molecular formula is C16H24O7. The van der Waals surface area contributed by atoms with Gasteiger partial charge >= 0.3 is 5.97 Å². The van der Waals surface area contributed by atoms with E-state index in [1.54, 1.807) is 20.8 Å². The fraction of sp³-hybridized carbons (Fsp3) is 0.812. The highest BCUT2D eigenvalue weighted by Crippen LogP contribution is 2.47. The largest absolute Gasteiger partial charge is 0.456 e. The Balaban J connectivity index is 1.82. The molecule has 0 aromatic carbocycles. The van der Waals surface area contributed by atoms with E-state index in [1.807, 2.05) is 13.8 Å². The number of carbonyl (C=O) groups is 1. The Morgan fingerprint density at radius 3 is 2.52 bits per heavy atom. The summed E-state index contributed by atoms with van der Waals surface area (Å²) in [5.41, 5.74) is 0.311. The lowest BCUT2D eigenvalue weighted by Crippen LogP contribution is -2.60. The van der Waals surface area contributed by atoms with Gasteiger partial charge in [0.15, 0.2) is 11.6 Å². The predicted octanol–water partition coefficient (Wildman–Crippen LogP) is 1.50. The third-order valence-electron chi connectivity index (χ3n) is 4.03. The highest BCUT2D eigenvalue weighted by Gasteiger charge is 2.65. The van der Waals surface area contributed by atoms with E-state index in [0.29, 0.717) is 5.57 Å². The summed E-state index contributed by atoms with van der Waals surface area (Å²) in [5, 5.41) is 0. The zero-order chi connectivity index (χ0) is 17.0. The lowest BCUT2D eigenvalue weighted by Gasteiger charge is -2.40. The maximum Gasteiger partial charge on any atom is 0.333 e. The topological polar surface area (TPSA) is 72.5 Å². The van der Waals surface area contributed by atoms with Gasteiger partial charge in [0.1, 0.15) is 24.9 Å². The van der Waals surface area contributed by atoms with Crippen molar-refractivity contribution in [1.82, 2.24) is 0 Å². The normalized spacial score (nSPS) is 40.3. The fourth-order valence-electron chi connectivity index (χ4n) is 3.24. The van der Waals surface area contributed by atoms with Gasteiger partial charge in [0.2, 0.25) is 5.79 Å². The summed E-state index contributed by atoms with van der Waals surface area (Å²) in [4.78, 5) is 11.7. The van der Waals surface area contributed by atoms with Crippen LogP contribution in [0.25, 0.3) is 0 Å². The molecule has 0 N–H and O–H groups in total. The summed E-state index contributed by atoms with van der Waals surface area (Å²) in [7, 11) is 0. The minimum Gasteiger partial charge on any atom is -0.456 e. The number of rotatable bonds is 3. The zero-order valence-electron chi connectivity index (χ0n) is 14.2. The molecule has 3 saturated heterocycles. The molecular weight excluding hydrogens is 304 g/mol. The molecule has 0 bridgehead atoms. The summed E-state index contributed by atoms with van der Waals surface area (Å²) in [6, 6.07) is 0. The van der Waals surface area contributed by atoms with E-state index in [2.05, 4.69) is 6.58 Å². The average molecular weight is 328 g/mol. The molecule has 0 unspecified atom stereocenters. The molecule has 0 saturated carbocycles. The summed E-state index contributed by atoms with van der Waals surface area (Å²) in [6.07, 6.45) is -1.17. The quantitative estimate of drug-likeness (QED) is 0.574.